The van der Waals surface area contributed by atoms with Crippen LogP contribution >= 0.6 is 22.9 Å². The molecule has 0 spiro atoms. The normalized spacial score (nSPS) is 17.3. The van der Waals surface area contributed by atoms with Gasteiger partial charge in [-0.3, -0.25) is 19.5 Å². The number of hydrogen-bond donors (Lipinski definition) is 1. The molecule has 1 atom stereocenters. The van der Waals surface area contributed by atoms with Crippen LogP contribution in [0, 0.1) is 6.92 Å². The molecule has 1 N–H and O–H groups in total. The van der Waals surface area contributed by atoms with Gasteiger partial charge in [-0.1, -0.05) is 41.1 Å². The van der Waals surface area contributed by atoms with Gasteiger partial charge in [0, 0.05) is 16.8 Å². The fourth-order valence-corrected chi connectivity index (χ4v) is 5.27. The van der Waals surface area contributed by atoms with Crippen molar-refractivity contribution in [2.75, 3.05) is 11.5 Å². The number of aliphatic hydroxyl groups excluding tert-OH is 1. The first-order chi connectivity index (χ1) is 16.9. The maximum absolute atomic E-state index is 13.3. The summed E-state index contributed by atoms with van der Waals surface area (Å²) in [5.41, 5.74) is 2.23. The Morgan fingerprint density at radius 2 is 2.00 bits per heavy atom. The number of ether oxygens (including phenoxy) is 1. The number of carbonyl (C=O) groups excluding carboxylic acids is 2. The maximum Gasteiger partial charge on any atom is 0.301 e. The third-order valence-electron chi connectivity index (χ3n) is 5.69. The first-order valence-electron chi connectivity index (χ1n) is 10.9. The lowest BCUT2D eigenvalue weighted by atomic mass is 9.98. The van der Waals surface area contributed by atoms with Gasteiger partial charge in [0.15, 0.2) is 5.13 Å². The number of thiazole rings is 1. The number of anilines is 1. The molecule has 2 aromatic heterocycles. The van der Waals surface area contributed by atoms with E-state index >= 15 is 0 Å². The highest BCUT2D eigenvalue weighted by Gasteiger charge is 2.48. The maximum atomic E-state index is 13.3. The van der Waals surface area contributed by atoms with E-state index in [1.807, 2.05) is 19.9 Å². The zero-order chi connectivity index (χ0) is 24.7. The highest BCUT2D eigenvalue weighted by atomic mass is 35.5. The second-order valence-corrected chi connectivity index (χ2v) is 9.37. The van der Waals surface area contributed by atoms with Crippen LogP contribution in [0.2, 0.25) is 5.02 Å². The molecule has 4 aromatic rings. The molecule has 35 heavy (non-hydrogen) atoms. The number of fused-ring (bicyclic) bond motifs is 1. The van der Waals surface area contributed by atoms with Crippen LogP contribution in [0.1, 0.15) is 29.8 Å². The Morgan fingerprint density at radius 1 is 1.17 bits per heavy atom. The molecule has 1 fully saturated rings. The SMILES string of the molecule is CCOc1cccc(/C(O)=C2\C(=O)C(=O)N(c3nc4cc(Cl)c(C)cc4s3)C2c2ccccn2)c1. The topological polar surface area (TPSA) is 92.6 Å². The summed E-state index contributed by atoms with van der Waals surface area (Å²) in [4.78, 5) is 36.9. The molecule has 176 valence electrons. The molecule has 5 rings (SSSR count). The van der Waals surface area contributed by atoms with Crippen LogP contribution in [0.15, 0.2) is 66.4 Å². The summed E-state index contributed by atoms with van der Waals surface area (Å²) < 4.78 is 6.36. The van der Waals surface area contributed by atoms with Gasteiger partial charge in [-0.25, -0.2) is 4.98 Å². The number of benzene rings is 2. The number of hydrogen-bond acceptors (Lipinski definition) is 7. The summed E-state index contributed by atoms with van der Waals surface area (Å²) >= 11 is 7.54. The van der Waals surface area contributed by atoms with Crippen LogP contribution in [-0.4, -0.2) is 33.4 Å². The van der Waals surface area contributed by atoms with E-state index in [0.717, 1.165) is 10.3 Å². The molecule has 7 nitrogen and oxygen atoms in total. The average Bonchev–Trinajstić information content (AvgIpc) is 3.37. The number of rotatable bonds is 5. The first-order valence-corrected chi connectivity index (χ1v) is 12.1. The average molecular weight is 506 g/mol. The quantitative estimate of drug-likeness (QED) is 0.213. The predicted molar refractivity (Wildman–Crippen MR) is 136 cm³/mol. The highest BCUT2D eigenvalue weighted by molar-refractivity contribution is 7.22. The minimum Gasteiger partial charge on any atom is -0.507 e. The minimum atomic E-state index is -0.955. The van der Waals surface area contributed by atoms with Crippen LogP contribution in [0.25, 0.3) is 16.0 Å². The second-order valence-electron chi connectivity index (χ2n) is 7.95. The lowest BCUT2D eigenvalue weighted by Crippen LogP contribution is -2.29. The molecule has 1 unspecified atom stereocenters. The van der Waals surface area contributed by atoms with Crippen LogP contribution in [0.3, 0.4) is 0 Å². The Balaban J connectivity index is 1.70. The highest BCUT2D eigenvalue weighted by Crippen LogP contribution is 2.44. The van der Waals surface area contributed by atoms with Crippen molar-refractivity contribution in [3.63, 3.8) is 0 Å². The fourth-order valence-electron chi connectivity index (χ4n) is 4.04. The first kappa shape index (κ1) is 23.0. The van der Waals surface area contributed by atoms with Gasteiger partial charge in [-0.2, -0.15) is 0 Å². The lowest BCUT2D eigenvalue weighted by Gasteiger charge is -2.22. The van der Waals surface area contributed by atoms with Crippen molar-refractivity contribution in [2.45, 2.75) is 19.9 Å². The molecular weight excluding hydrogens is 486 g/mol. The van der Waals surface area contributed by atoms with Crippen LogP contribution in [0.4, 0.5) is 5.13 Å². The Kier molecular flexibility index (Phi) is 6.00. The van der Waals surface area contributed by atoms with E-state index in [1.54, 1.807) is 54.7 Å². The zero-order valence-electron chi connectivity index (χ0n) is 18.9. The summed E-state index contributed by atoms with van der Waals surface area (Å²) in [5.74, 6) is -1.36. The Morgan fingerprint density at radius 3 is 2.74 bits per heavy atom. The summed E-state index contributed by atoms with van der Waals surface area (Å²) in [6, 6.07) is 14.6. The van der Waals surface area contributed by atoms with E-state index in [-0.39, 0.29) is 11.3 Å². The Labute approximate surface area is 210 Å². The molecular formula is C26H20ClN3O4S. The summed E-state index contributed by atoms with van der Waals surface area (Å²) in [7, 11) is 0. The fraction of sp³-hybridized carbons (Fsp3) is 0.154. The molecule has 1 aliphatic rings. The molecule has 0 bridgehead atoms. The van der Waals surface area contributed by atoms with Crippen LogP contribution in [-0.2, 0) is 9.59 Å². The molecule has 3 heterocycles. The third kappa shape index (κ3) is 4.05. The van der Waals surface area contributed by atoms with Gasteiger partial charge in [-0.05, 0) is 55.8 Å². The van der Waals surface area contributed by atoms with Crippen molar-refractivity contribution in [2.24, 2.45) is 0 Å². The molecule has 1 saturated heterocycles. The van der Waals surface area contributed by atoms with Crippen molar-refractivity contribution in [1.82, 2.24) is 9.97 Å². The molecule has 1 amide bonds. The standard InChI is InChI=1S/C26H20ClN3O4S/c1-3-34-16-8-6-7-15(12-16)23(31)21-22(18-9-4-5-10-28-18)30(25(33)24(21)32)26-29-19-13-17(27)14(2)11-20(19)35-26/h4-13,22,31H,3H2,1-2H3/b23-21+. The number of Topliss-reactive ketones (excluding diaryl/α,β-unsaturated/α-hetero) is 1. The molecule has 0 radical (unpaired) electrons. The number of carbonyl (C=O) groups is 2. The van der Waals surface area contributed by atoms with Crippen LogP contribution in [0.5, 0.6) is 5.75 Å². The van der Waals surface area contributed by atoms with E-state index in [0.29, 0.717) is 39.3 Å². The number of aryl methyl sites for hydroxylation is 1. The van der Waals surface area contributed by atoms with Crippen molar-refractivity contribution >= 4 is 55.7 Å². The van der Waals surface area contributed by atoms with Gasteiger partial charge in [0.1, 0.15) is 17.6 Å². The number of ketones is 1. The monoisotopic (exact) mass is 505 g/mol. The summed E-state index contributed by atoms with van der Waals surface area (Å²) in [5, 5.41) is 12.2. The largest absolute Gasteiger partial charge is 0.507 e. The van der Waals surface area contributed by atoms with Crippen molar-refractivity contribution in [1.29, 1.82) is 0 Å². The third-order valence-corrected chi connectivity index (χ3v) is 7.12. The summed E-state index contributed by atoms with van der Waals surface area (Å²) in [6.07, 6.45) is 1.58. The van der Waals surface area contributed by atoms with Crippen LogP contribution < -0.4 is 9.64 Å². The number of aromatic nitrogens is 2. The van der Waals surface area contributed by atoms with Crippen molar-refractivity contribution < 1.29 is 19.4 Å². The van der Waals surface area contributed by atoms with E-state index in [4.69, 9.17) is 16.3 Å². The Hall–Kier alpha value is -3.75. The van der Waals surface area contributed by atoms with Gasteiger partial charge in [0.2, 0.25) is 0 Å². The summed E-state index contributed by atoms with van der Waals surface area (Å²) in [6.45, 7) is 4.19. The predicted octanol–water partition coefficient (Wildman–Crippen LogP) is 5.68. The molecule has 1 aliphatic heterocycles. The van der Waals surface area contributed by atoms with Gasteiger partial charge in [-0.15, -0.1) is 0 Å². The van der Waals surface area contributed by atoms with Crippen molar-refractivity contribution in [3.8, 4) is 5.75 Å². The number of pyridine rings is 1. The second kappa shape index (κ2) is 9.13. The van der Waals surface area contributed by atoms with Gasteiger partial charge in [0.05, 0.1) is 28.1 Å². The number of nitrogens with zero attached hydrogens (tertiary/aromatic N) is 3. The number of halogens is 1. The van der Waals surface area contributed by atoms with E-state index in [2.05, 4.69) is 9.97 Å². The molecule has 0 saturated carbocycles. The van der Waals surface area contributed by atoms with E-state index in [1.165, 1.54) is 16.2 Å². The number of amides is 1. The smallest absolute Gasteiger partial charge is 0.301 e. The van der Waals surface area contributed by atoms with E-state index in [9.17, 15) is 14.7 Å². The zero-order valence-corrected chi connectivity index (χ0v) is 20.4. The van der Waals surface area contributed by atoms with Gasteiger partial charge >= 0.3 is 5.91 Å². The molecule has 0 aliphatic carbocycles. The Bertz CT molecular complexity index is 1460. The molecule has 2 aromatic carbocycles. The minimum absolute atomic E-state index is 0.0594. The lowest BCUT2D eigenvalue weighted by molar-refractivity contribution is -0.132. The van der Waals surface area contributed by atoms with Crippen molar-refractivity contribution in [3.05, 3.63) is 88.2 Å². The van der Waals surface area contributed by atoms with E-state index < -0.39 is 17.7 Å². The molecule has 9 heteroatoms. The van der Waals surface area contributed by atoms with Gasteiger partial charge in [0.25, 0.3) is 5.78 Å². The van der Waals surface area contributed by atoms with Gasteiger partial charge < -0.3 is 9.84 Å². The number of aliphatic hydroxyl groups is 1.